The van der Waals surface area contributed by atoms with E-state index < -0.39 is 0 Å². The second-order valence-electron chi connectivity index (χ2n) is 16.6. The van der Waals surface area contributed by atoms with Crippen LogP contribution in [0.3, 0.4) is 0 Å². The number of hydrogen-bond donors (Lipinski definition) is 1. The van der Waals surface area contributed by atoms with Crippen LogP contribution >= 0.6 is 0 Å². The molecule has 52 heavy (non-hydrogen) atoms. The van der Waals surface area contributed by atoms with E-state index in [0.717, 1.165) is 77.4 Å². The third-order valence-electron chi connectivity index (χ3n) is 11.6. The molecular weight excluding hydrogens is 647 g/mol. The Morgan fingerprint density at radius 2 is 1.02 bits per heavy atom. The Bertz CT molecular complexity index is 784. The highest BCUT2D eigenvalue weighted by molar-refractivity contribution is 5.69. The molecule has 0 aromatic rings. The lowest BCUT2D eigenvalue weighted by atomic mass is 9.93. The van der Waals surface area contributed by atoms with Crippen LogP contribution in [-0.2, 0) is 19.1 Å². The molecule has 1 N–H and O–H groups in total. The molecule has 1 aliphatic carbocycles. The molecule has 0 aromatic carbocycles. The Morgan fingerprint density at radius 3 is 1.56 bits per heavy atom. The van der Waals surface area contributed by atoms with Crippen LogP contribution in [0.2, 0.25) is 0 Å². The fourth-order valence-corrected chi connectivity index (χ4v) is 7.75. The Morgan fingerprint density at radius 1 is 0.538 bits per heavy atom. The van der Waals surface area contributed by atoms with Crippen molar-refractivity contribution in [3.8, 4) is 0 Å². The molecule has 1 saturated carbocycles. The van der Waals surface area contributed by atoms with Crippen molar-refractivity contribution in [3.63, 3.8) is 0 Å². The first kappa shape index (κ1) is 48.9. The number of carbonyl (C=O) groups is 2. The first-order chi connectivity index (χ1) is 25.5. The molecule has 0 amide bonds. The highest BCUT2D eigenvalue weighted by atomic mass is 16.5. The van der Waals surface area contributed by atoms with Gasteiger partial charge in [0.05, 0.1) is 13.2 Å². The highest BCUT2D eigenvalue weighted by Gasteiger charge is 2.41. The topological polar surface area (TPSA) is 76.1 Å². The zero-order valence-corrected chi connectivity index (χ0v) is 35.2. The number of ether oxygens (including phenoxy) is 2. The van der Waals surface area contributed by atoms with E-state index in [9.17, 15) is 14.7 Å². The van der Waals surface area contributed by atoms with Crippen molar-refractivity contribution in [1.29, 1.82) is 0 Å². The maximum absolute atomic E-state index is 12.7. The summed E-state index contributed by atoms with van der Waals surface area (Å²) in [6.45, 7) is 10.4. The lowest BCUT2D eigenvalue weighted by molar-refractivity contribution is -0.150. The molecular formula is C46H89NO5. The quantitative estimate of drug-likeness (QED) is 0.0498. The minimum atomic E-state index is -0.00226. The van der Waals surface area contributed by atoms with E-state index in [4.69, 9.17) is 9.47 Å². The number of esters is 2. The largest absolute Gasteiger partial charge is 0.466 e. The van der Waals surface area contributed by atoms with Crippen LogP contribution in [-0.4, -0.2) is 60.9 Å². The SMILES string of the molecule is CCCCCCCCCOC(=O)CCC1(CCCCN(CCO)CCCCCCCC(=O)OC(CCCCCCCC)CCCCCCCC)CC1. The van der Waals surface area contributed by atoms with Gasteiger partial charge in [0.25, 0.3) is 0 Å². The number of carbonyl (C=O) groups excluding carboxylic acids is 2. The minimum absolute atomic E-state index is 0.00226. The predicted octanol–water partition coefficient (Wildman–Crippen LogP) is 13.1. The van der Waals surface area contributed by atoms with Gasteiger partial charge in [-0.3, -0.25) is 9.59 Å². The number of unbranched alkanes of at least 4 members (excludes halogenated alkanes) is 21. The second kappa shape index (κ2) is 35.6. The van der Waals surface area contributed by atoms with Crippen LogP contribution in [0.25, 0.3) is 0 Å². The lowest BCUT2D eigenvalue weighted by Crippen LogP contribution is -2.29. The van der Waals surface area contributed by atoms with Crippen LogP contribution < -0.4 is 0 Å². The summed E-state index contributed by atoms with van der Waals surface area (Å²) in [7, 11) is 0. The fourth-order valence-electron chi connectivity index (χ4n) is 7.75. The van der Waals surface area contributed by atoms with Gasteiger partial charge in [-0.05, 0) is 95.6 Å². The van der Waals surface area contributed by atoms with Crippen molar-refractivity contribution in [1.82, 2.24) is 4.90 Å². The molecule has 0 aliphatic heterocycles. The summed E-state index contributed by atoms with van der Waals surface area (Å²) in [5, 5.41) is 9.63. The first-order valence-corrected chi connectivity index (χ1v) is 23.2. The Balaban J connectivity index is 2.15. The first-order valence-electron chi connectivity index (χ1n) is 23.2. The molecule has 0 bridgehead atoms. The van der Waals surface area contributed by atoms with Gasteiger partial charge in [0, 0.05) is 19.4 Å². The fraction of sp³-hybridized carbons (Fsp3) is 0.957. The van der Waals surface area contributed by atoms with Gasteiger partial charge in [0.15, 0.2) is 0 Å². The van der Waals surface area contributed by atoms with Gasteiger partial charge in [-0.1, -0.05) is 149 Å². The van der Waals surface area contributed by atoms with Gasteiger partial charge in [0.2, 0.25) is 0 Å². The summed E-state index contributed by atoms with van der Waals surface area (Å²) in [5.74, 6) is 0.0142. The average Bonchev–Trinajstić information content (AvgIpc) is 3.92. The smallest absolute Gasteiger partial charge is 0.306 e. The number of hydrogen-bond acceptors (Lipinski definition) is 6. The summed E-state index contributed by atoms with van der Waals surface area (Å²) < 4.78 is 11.6. The number of nitrogens with zero attached hydrogens (tertiary/aromatic N) is 1. The monoisotopic (exact) mass is 736 g/mol. The maximum atomic E-state index is 12.7. The molecule has 1 fully saturated rings. The maximum Gasteiger partial charge on any atom is 0.306 e. The van der Waals surface area contributed by atoms with Crippen LogP contribution in [0.4, 0.5) is 0 Å². The zero-order valence-electron chi connectivity index (χ0n) is 35.2. The molecule has 6 nitrogen and oxygen atoms in total. The van der Waals surface area contributed by atoms with Gasteiger partial charge in [-0.2, -0.15) is 0 Å². The highest BCUT2D eigenvalue weighted by Crippen LogP contribution is 2.53. The van der Waals surface area contributed by atoms with Crippen LogP contribution in [0.15, 0.2) is 0 Å². The van der Waals surface area contributed by atoms with Crippen molar-refractivity contribution >= 4 is 11.9 Å². The van der Waals surface area contributed by atoms with Gasteiger partial charge in [-0.15, -0.1) is 0 Å². The molecule has 1 aliphatic rings. The van der Waals surface area contributed by atoms with Gasteiger partial charge < -0.3 is 19.5 Å². The standard InChI is InChI=1S/C46H89NO5/c1-4-7-10-13-16-22-29-42-51-44(49)33-35-46(36-37-46)34-26-28-39-47(40-41-48)38-27-21-17-20-25-32-45(50)52-43(30-23-18-14-11-8-5-2)31-24-19-15-12-9-6-3/h43,48H,4-42H2,1-3H3. The normalized spacial score (nSPS) is 13.7. The summed E-state index contributed by atoms with van der Waals surface area (Å²) in [6.07, 6.45) is 40.0. The van der Waals surface area contributed by atoms with E-state index in [0.29, 0.717) is 24.9 Å². The van der Waals surface area contributed by atoms with Crippen LogP contribution in [0, 0.1) is 5.41 Å². The molecule has 0 saturated heterocycles. The Kier molecular flexibility index (Phi) is 33.4. The van der Waals surface area contributed by atoms with Crippen molar-refractivity contribution in [3.05, 3.63) is 0 Å². The van der Waals surface area contributed by atoms with Crippen molar-refractivity contribution in [2.45, 2.75) is 245 Å². The molecule has 1 rings (SSSR count). The predicted molar refractivity (Wildman–Crippen MR) is 221 cm³/mol. The van der Waals surface area contributed by atoms with Gasteiger partial charge >= 0.3 is 11.9 Å². The number of aliphatic hydroxyl groups is 1. The summed E-state index contributed by atoms with van der Waals surface area (Å²) in [4.78, 5) is 27.4. The molecule has 6 heteroatoms. The minimum Gasteiger partial charge on any atom is -0.466 e. The third kappa shape index (κ3) is 30.2. The molecule has 0 radical (unpaired) electrons. The second-order valence-corrected chi connectivity index (χ2v) is 16.6. The molecule has 0 atom stereocenters. The average molecular weight is 736 g/mol. The molecule has 0 aromatic heterocycles. The van der Waals surface area contributed by atoms with Gasteiger partial charge in [-0.25, -0.2) is 0 Å². The van der Waals surface area contributed by atoms with Gasteiger partial charge in [0.1, 0.15) is 6.10 Å². The zero-order chi connectivity index (χ0) is 37.8. The van der Waals surface area contributed by atoms with E-state index in [1.54, 1.807) is 0 Å². The van der Waals surface area contributed by atoms with E-state index >= 15 is 0 Å². The lowest BCUT2D eigenvalue weighted by Gasteiger charge is -2.22. The van der Waals surface area contributed by atoms with Crippen molar-refractivity contribution in [2.24, 2.45) is 5.41 Å². The van der Waals surface area contributed by atoms with E-state index in [1.807, 2.05) is 0 Å². The third-order valence-corrected chi connectivity index (χ3v) is 11.6. The van der Waals surface area contributed by atoms with Crippen LogP contribution in [0.5, 0.6) is 0 Å². The number of aliphatic hydroxyl groups excluding tert-OH is 1. The molecule has 0 spiro atoms. The summed E-state index contributed by atoms with van der Waals surface area (Å²) in [5.41, 5.74) is 0.384. The van der Waals surface area contributed by atoms with E-state index in [-0.39, 0.29) is 24.6 Å². The molecule has 0 heterocycles. The molecule has 308 valence electrons. The van der Waals surface area contributed by atoms with E-state index in [1.165, 1.54) is 148 Å². The van der Waals surface area contributed by atoms with Crippen molar-refractivity contribution < 1.29 is 24.2 Å². The Labute approximate surface area is 323 Å². The Hall–Kier alpha value is -1.14. The summed E-state index contributed by atoms with van der Waals surface area (Å²) in [6, 6.07) is 0. The van der Waals surface area contributed by atoms with Crippen molar-refractivity contribution in [2.75, 3.05) is 32.8 Å². The molecule has 0 unspecified atom stereocenters. The van der Waals surface area contributed by atoms with E-state index in [2.05, 4.69) is 25.7 Å². The summed E-state index contributed by atoms with van der Waals surface area (Å²) >= 11 is 0. The van der Waals surface area contributed by atoms with Crippen LogP contribution in [0.1, 0.15) is 239 Å². The number of rotatable bonds is 41.